The Bertz CT molecular complexity index is 943. The highest BCUT2D eigenvalue weighted by Gasteiger charge is 2.34. The molecule has 0 atom stereocenters. The fraction of sp³-hybridized carbons (Fsp3) is 0.421. The Balaban J connectivity index is 1.58. The van der Waals surface area contributed by atoms with E-state index in [1.807, 2.05) is 4.57 Å². The van der Waals surface area contributed by atoms with Gasteiger partial charge in [-0.25, -0.2) is 9.78 Å². The third-order valence-electron chi connectivity index (χ3n) is 5.01. The van der Waals surface area contributed by atoms with Gasteiger partial charge in [0.1, 0.15) is 23.2 Å². The molecule has 1 amide bonds. The number of carboxylic acids is 1. The molecule has 6 N–H and O–H groups in total. The molecule has 3 rings (SSSR count). The Morgan fingerprint density at radius 2 is 2.03 bits per heavy atom. The topological polar surface area (TPSA) is 171 Å². The molecule has 11 nitrogen and oxygen atoms in total. The van der Waals surface area contributed by atoms with Crippen LogP contribution in [0, 0.1) is 0 Å². The van der Waals surface area contributed by atoms with E-state index in [1.54, 1.807) is 17.4 Å². The molecule has 2 aromatic rings. The first-order valence-corrected chi connectivity index (χ1v) is 9.88. The minimum absolute atomic E-state index is 0.00377. The molecule has 31 heavy (non-hydrogen) atoms. The van der Waals surface area contributed by atoms with Gasteiger partial charge in [-0.1, -0.05) is 6.07 Å². The maximum Gasteiger partial charge on any atom is 0.451 e. The van der Waals surface area contributed by atoms with Gasteiger partial charge < -0.3 is 40.2 Å². The van der Waals surface area contributed by atoms with Gasteiger partial charge in [0, 0.05) is 19.3 Å². The smallest absolute Gasteiger partial charge is 0.451 e. The Morgan fingerprint density at radius 1 is 1.29 bits per heavy atom. The van der Waals surface area contributed by atoms with E-state index in [0.717, 1.165) is 0 Å². The van der Waals surface area contributed by atoms with Crippen LogP contribution in [0.15, 0.2) is 24.7 Å². The largest absolute Gasteiger partial charge is 0.507 e. The van der Waals surface area contributed by atoms with Gasteiger partial charge in [0.25, 0.3) is 0 Å². The van der Waals surface area contributed by atoms with Crippen LogP contribution in [0.25, 0.3) is 0 Å². The van der Waals surface area contributed by atoms with Crippen molar-refractivity contribution in [1.82, 2.24) is 14.5 Å². The molecule has 0 bridgehead atoms. The Labute approximate surface area is 178 Å². The molecular formula is C19H25BN4O7. The minimum atomic E-state index is -1.56. The summed E-state index contributed by atoms with van der Waals surface area (Å²) >= 11 is 0. The SMILES string of the molecule is NCCn1cnc(CC(=O)N2CC(Oc3ccc(CCB(O)O)c(O)c3C(=O)O)C2)c1. The molecule has 166 valence electrons. The molecule has 0 saturated carbocycles. The van der Waals surface area contributed by atoms with Crippen molar-refractivity contribution in [3.63, 3.8) is 0 Å². The van der Waals surface area contributed by atoms with E-state index in [-0.39, 0.29) is 41.9 Å². The number of phenols is 1. The average molecular weight is 432 g/mol. The van der Waals surface area contributed by atoms with Gasteiger partial charge in [-0.3, -0.25) is 4.79 Å². The number of aryl methyl sites for hydroxylation is 1. The lowest BCUT2D eigenvalue weighted by Gasteiger charge is -2.39. The highest BCUT2D eigenvalue weighted by molar-refractivity contribution is 6.41. The van der Waals surface area contributed by atoms with Gasteiger partial charge >= 0.3 is 13.1 Å². The number of amides is 1. The summed E-state index contributed by atoms with van der Waals surface area (Å²) < 4.78 is 7.52. The van der Waals surface area contributed by atoms with Crippen molar-refractivity contribution in [2.45, 2.75) is 31.8 Å². The highest BCUT2D eigenvalue weighted by Crippen LogP contribution is 2.34. The van der Waals surface area contributed by atoms with Crippen molar-refractivity contribution in [3.05, 3.63) is 41.5 Å². The number of imidazole rings is 1. The second kappa shape index (κ2) is 9.81. The molecule has 1 aliphatic rings. The summed E-state index contributed by atoms with van der Waals surface area (Å²) in [5.74, 6) is -1.95. The van der Waals surface area contributed by atoms with Crippen molar-refractivity contribution in [2.24, 2.45) is 5.73 Å². The molecule has 2 heterocycles. The predicted octanol–water partition coefficient (Wildman–Crippen LogP) is -0.907. The number of carboxylic acid groups (broad SMARTS) is 1. The van der Waals surface area contributed by atoms with Crippen LogP contribution in [-0.2, 0) is 24.2 Å². The van der Waals surface area contributed by atoms with Crippen molar-refractivity contribution < 1.29 is 34.6 Å². The number of carbonyl (C=O) groups is 2. The normalized spacial score (nSPS) is 13.7. The van der Waals surface area contributed by atoms with Gasteiger partial charge in [-0.15, -0.1) is 0 Å². The lowest BCUT2D eigenvalue weighted by Crippen LogP contribution is -2.56. The fourth-order valence-corrected chi connectivity index (χ4v) is 3.34. The molecule has 1 aromatic heterocycles. The number of nitrogens with zero attached hydrogens (tertiary/aromatic N) is 3. The first-order chi connectivity index (χ1) is 14.8. The van der Waals surface area contributed by atoms with Crippen LogP contribution in [-0.4, -0.2) is 79.4 Å². The van der Waals surface area contributed by atoms with Crippen molar-refractivity contribution in [3.8, 4) is 11.5 Å². The number of hydrogen-bond acceptors (Lipinski definition) is 8. The monoisotopic (exact) mass is 432 g/mol. The van der Waals surface area contributed by atoms with Gasteiger partial charge in [-0.05, 0) is 24.4 Å². The zero-order chi connectivity index (χ0) is 22.5. The van der Waals surface area contributed by atoms with Crippen LogP contribution in [0.4, 0.5) is 0 Å². The first kappa shape index (κ1) is 22.6. The number of aromatic nitrogens is 2. The van der Waals surface area contributed by atoms with Crippen LogP contribution in [0.3, 0.4) is 0 Å². The van der Waals surface area contributed by atoms with E-state index in [0.29, 0.717) is 31.9 Å². The van der Waals surface area contributed by atoms with Crippen LogP contribution < -0.4 is 10.5 Å². The van der Waals surface area contributed by atoms with Crippen LogP contribution in [0.2, 0.25) is 6.32 Å². The zero-order valence-electron chi connectivity index (χ0n) is 16.8. The second-order valence-electron chi connectivity index (χ2n) is 7.38. The highest BCUT2D eigenvalue weighted by atomic mass is 16.5. The summed E-state index contributed by atoms with van der Waals surface area (Å²) in [5, 5.41) is 37.7. The van der Waals surface area contributed by atoms with Crippen molar-refractivity contribution in [2.75, 3.05) is 19.6 Å². The van der Waals surface area contributed by atoms with Gasteiger partial charge in [-0.2, -0.15) is 0 Å². The number of carbonyl (C=O) groups excluding carboxylic acids is 1. The van der Waals surface area contributed by atoms with Crippen molar-refractivity contribution in [1.29, 1.82) is 0 Å². The molecule has 0 radical (unpaired) electrons. The summed E-state index contributed by atoms with van der Waals surface area (Å²) in [6, 6.07) is 2.91. The van der Waals surface area contributed by atoms with E-state index < -0.39 is 24.9 Å². The summed E-state index contributed by atoms with van der Waals surface area (Å²) in [4.78, 5) is 29.8. The van der Waals surface area contributed by atoms with E-state index in [2.05, 4.69) is 4.98 Å². The molecule has 1 aliphatic heterocycles. The van der Waals surface area contributed by atoms with Gasteiger partial charge in [0.15, 0.2) is 0 Å². The Kier molecular flexibility index (Phi) is 7.15. The molecule has 0 unspecified atom stereocenters. The predicted molar refractivity (Wildman–Crippen MR) is 110 cm³/mol. The second-order valence-corrected chi connectivity index (χ2v) is 7.38. The molecular weight excluding hydrogens is 407 g/mol. The van der Waals surface area contributed by atoms with Crippen LogP contribution in [0.5, 0.6) is 11.5 Å². The number of hydrogen-bond donors (Lipinski definition) is 5. The molecule has 12 heteroatoms. The van der Waals surface area contributed by atoms with E-state index >= 15 is 0 Å². The fourth-order valence-electron chi connectivity index (χ4n) is 3.34. The van der Waals surface area contributed by atoms with Gasteiger partial charge in [0.05, 0.1) is 31.5 Å². The average Bonchev–Trinajstić information content (AvgIpc) is 3.10. The standard InChI is InChI=1S/C19H25BN4O7/c21-5-6-23-8-13(22-11-23)7-16(25)24-9-14(10-24)31-15-2-1-12(3-4-20(29)30)18(26)17(15)19(27)28/h1-2,8,11,14,26,29-30H,3-7,9-10,21H2,(H,27,28). The van der Waals surface area contributed by atoms with Gasteiger partial charge in [0.2, 0.25) is 5.91 Å². The lowest BCUT2D eigenvalue weighted by molar-refractivity contribution is -0.139. The third kappa shape index (κ3) is 5.54. The Hall–Kier alpha value is -3.09. The number of aromatic hydroxyl groups is 1. The van der Waals surface area contributed by atoms with E-state index in [1.165, 1.54) is 12.1 Å². The quantitative estimate of drug-likeness (QED) is 0.298. The number of nitrogens with two attached hydrogens (primary N) is 1. The van der Waals surface area contributed by atoms with E-state index in [4.69, 9.17) is 20.5 Å². The Morgan fingerprint density at radius 3 is 2.68 bits per heavy atom. The third-order valence-corrected chi connectivity index (χ3v) is 5.01. The van der Waals surface area contributed by atoms with Crippen LogP contribution in [0.1, 0.15) is 21.6 Å². The maximum atomic E-state index is 12.4. The molecule has 1 fully saturated rings. The summed E-state index contributed by atoms with van der Waals surface area (Å²) in [7, 11) is -1.56. The zero-order valence-corrected chi connectivity index (χ0v) is 16.8. The molecule has 1 saturated heterocycles. The van der Waals surface area contributed by atoms with Crippen LogP contribution >= 0.6 is 0 Å². The lowest BCUT2D eigenvalue weighted by atomic mass is 9.82. The number of aromatic carboxylic acids is 1. The molecule has 0 spiro atoms. The molecule has 1 aromatic carbocycles. The number of ether oxygens (including phenoxy) is 1. The summed E-state index contributed by atoms with van der Waals surface area (Å²) in [6.07, 6.45) is 3.20. The minimum Gasteiger partial charge on any atom is -0.507 e. The van der Waals surface area contributed by atoms with E-state index in [9.17, 15) is 19.8 Å². The summed E-state index contributed by atoms with van der Waals surface area (Å²) in [6.45, 7) is 1.69. The number of benzene rings is 1. The van der Waals surface area contributed by atoms with Crippen molar-refractivity contribution >= 4 is 19.0 Å². The number of likely N-dealkylation sites (tertiary alicyclic amines) is 1. The summed E-state index contributed by atoms with van der Waals surface area (Å²) in [5.41, 5.74) is 6.02. The molecule has 0 aliphatic carbocycles. The first-order valence-electron chi connectivity index (χ1n) is 9.88. The maximum absolute atomic E-state index is 12.4. The number of rotatable bonds is 10.